The lowest BCUT2D eigenvalue weighted by molar-refractivity contribution is -0.118. The third-order valence-corrected chi connectivity index (χ3v) is 4.25. The van der Waals surface area contributed by atoms with Crippen molar-refractivity contribution in [3.63, 3.8) is 0 Å². The Hall–Kier alpha value is -2.64. The maximum Gasteiger partial charge on any atom is 0.237 e. The Morgan fingerprint density at radius 1 is 1.42 bits per heavy atom. The van der Waals surface area contributed by atoms with Gasteiger partial charge in [-0.1, -0.05) is 0 Å². The zero-order valence-corrected chi connectivity index (χ0v) is 14.1. The van der Waals surface area contributed by atoms with Crippen LogP contribution in [-0.4, -0.2) is 52.6 Å². The quantitative estimate of drug-likeness (QED) is 0.864. The summed E-state index contributed by atoms with van der Waals surface area (Å²) in [6.07, 6.45) is 9.17. The molecule has 0 saturated carbocycles. The Kier molecular flexibility index (Phi) is 4.64. The van der Waals surface area contributed by atoms with E-state index >= 15 is 0 Å². The fourth-order valence-corrected chi connectivity index (χ4v) is 3.09. The average Bonchev–Trinajstić information content (AvgIpc) is 3.02. The van der Waals surface area contributed by atoms with Gasteiger partial charge in [-0.2, -0.15) is 0 Å². The van der Waals surface area contributed by atoms with Crippen molar-refractivity contribution in [3.8, 4) is 0 Å². The zero-order valence-electron chi connectivity index (χ0n) is 14.1. The summed E-state index contributed by atoms with van der Waals surface area (Å²) in [6.45, 7) is 1.92. The SMILES string of the molecule is CN(C)c1cncc(N2CCC[C@H](c3nccn3CC(N)=O)C2)n1. The molecule has 8 heteroatoms. The summed E-state index contributed by atoms with van der Waals surface area (Å²) in [5.41, 5.74) is 5.32. The van der Waals surface area contributed by atoms with Crippen LogP contribution in [0.2, 0.25) is 0 Å². The summed E-state index contributed by atoms with van der Waals surface area (Å²) >= 11 is 0. The van der Waals surface area contributed by atoms with Crippen molar-refractivity contribution in [2.75, 3.05) is 37.0 Å². The first-order chi connectivity index (χ1) is 11.5. The van der Waals surface area contributed by atoms with E-state index in [2.05, 4.69) is 19.9 Å². The maximum atomic E-state index is 11.2. The molecule has 0 radical (unpaired) electrons. The van der Waals surface area contributed by atoms with Gasteiger partial charge in [0.05, 0.1) is 12.4 Å². The molecule has 1 aliphatic heterocycles. The van der Waals surface area contributed by atoms with Crippen LogP contribution in [0.15, 0.2) is 24.8 Å². The van der Waals surface area contributed by atoms with Gasteiger partial charge in [0.25, 0.3) is 0 Å². The molecule has 128 valence electrons. The third kappa shape index (κ3) is 3.47. The third-order valence-electron chi connectivity index (χ3n) is 4.25. The number of piperidine rings is 1. The summed E-state index contributed by atoms with van der Waals surface area (Å²) < 4.78 is 1.85. The summed E-state index contributed by atoms with van der Waals surface area (Å²) in [5.74, 6) is 2.52. The first-order valence-electron chi connectivity index (χ1n) is 8.08. The van der Waals surface area contributed by atoms with Crippen LogP contribution >= 0.6 is 0 Å². The van der Waals surface area contributed by atoms with Gasteiger partial charge in [-0.15, -0.1) is 0 Å². The highest BCUT2D eigenvalue weighted by molar-refractivity contribution is 5.73. The molecule has 1 amide bonds. The second-order valence-corrected chi connectivity index (χ2v) is 6.29. The second kappa shape index (κ2) is 6.86. The normalized spacial score (nSPS) is 17.8. The maximum absolute atomic E-state index is 11.2. The molecule has 3 heterocycles. The van der Waals surface area contributed by atoms with Crippen LogP contribution in [0.25, 0.3) is 0 Å². The van der Waals surface area contributed by atoms with Crippen LogP contribution in [0, 0.1) is 0 Å². The van der Waals surface area contributed by atoms with Gasteiger partial charge in [0.2, 0.25) is 5.91 Å². The number of carbonyl (C=O) groups excluding carboxylic acids is 1. The highest BCUT2D eigenvalue weighted by atomic mass is 16.1. The van der Waals surface area contributed by atoms with Crippen LogP contribution in [0.4, 0.5) is 11.6 Å². The highest BCUT2D eigenvalue weighted by Gasteiger charge is 2.26. The Bertz CT molecular complexity index is 712. The number of amides is 1. The molecule has 0 bridgehead atoms. The molecule has 1 saturated heterocycles. The van der Waals surface area contributed by atoms with Gasteiger partial charge in [-0.05, 0) is 12.8 Å². The smallest absolute Gasteiger partial charge is 0.237 e. The van der Waals surface area contributed by atoms with Crippen molar-refractivity contribution in [2.24, 2.45) is 5.73 Å². The number of rotatable bonds is 5. The molecule has 24 heavy (non-hydrogen) atoms. The number of hydrogen-bond donors (Lipinski definition) is 1. The van der Waals surface area contributed by atoms with Gasteiger partial charge in [-0.25, -0.2) is 9.97 Å². The van der Waals surface area contributed by atoms with Crippen molar-refractivity contribution in [2.45, 2.75) is 25.3 Å². The number of hydrogen-bond acceptors (Lipinski definition) is 6. The van der Waals surface area contributed by atoms with Crippen molar-refractivity contribution in [1.82, 2.24) is 19.5 Å². The summed E-state index contributed by atoms with van der Waals surface area (Å²) in [4.78, 5) is 28.8. The zero-order chi connectivity index (χ0) is 17.1. The minimum absolute atomic E-state index is 0.168. The molecule has 0 aliphatic carbocycles. The van der Waals surface area contributed by atoms with Crippen molar-refractivity contribution in [1.29, 1.82) is 0 Å². The molecule has 8 nitrogen and oxygen atoms in total. The number of anilines is 2. The summed E-state index contributed by atoms with van der Waals surface area (Å²) in [6, 6.07) is 0. The van der Waals surface area contributed by atoms with Gasteiger partial charge in [0.1, 0.15) is 24.0 Å². The standard InChI is InChI=1S/C16H23N7O/c1-21(2)14-8-18-9-15(20-14)22-6-3-4-12(10-22)16-19-5-7-23(16)11-13(17)24/h5,7-9,12H,3-4,6,10-11H2,1-2H3,(H2,17,24)/t12-/m0/s1. The fourth-order valence-electron chi connectivity index (χ4n) is 3.09. The van der Waals surface area contributed by atoms with Gasteiger partial charge in [-0.3, -0.25) is 9.78 Å². The van der Waals surface area contributed by atoms with E-state index in [9.17, 15) is 4.79 Å². The molecule has 0 spiro atoms. The lowest BCUT2D eigenvalue weighted by Gasteiger charge is -2.33. The van der Waals surface area contributed by atoms with Gasteiger partial charge in [0, 0.05) is 45.5 Å². The molecular formula is C16H23N7O. The van der Waals surface area contributed by atoms with E-state index in [1.54, 1.807) is 18.6 Å². The van der Waals surface area contributed by atoms with Gasteiger partial charge >= 0.3 is 0 Å². The van der Waals surface area contributed by atoms with Crippen molar-refractivity contribution >= 4 is 17.5 Å². The predicted molar refractivity (Wildman–Crippen MR) is 92.0 cm³/mol. The number of primary amides is 1. The predicted octanol–water partition coefficient (Wildman–Crippen LogP) is 0.608. The average molecular weight is 329 g/mol. The van der Waals surface area contributed by atoms with E-state index in [-0.39, 0.29) is 18.4 Å². The number of carbonyl (C=O) groups is 1. The molecule has 2 aromatic rings. The minimum Gasteiger partial charge on any atom is -0.368 e. The molecule has 2 aromatic heterocycles. The first kappa shape index (κ1) is 16.2. The lowest BCUT2D eigenvalue weighted by atomic mass is 9.97. The first-order valence-corrected chi connectivity index (χ1v) is 8.08. The molecular weight excluding hydrogens is 306 g/mol. The number of imidazole rings is 1. The van der Waals surface area contributed by atoms with E-state index in [0.29, 0.717) is 0 Å². The Balaban J connectivity index is 1.79. The Morgan fingerprint density at radius 3 is 3.00 bits per heavy atom. The van der Waals surface area contributed by atoms with E-state index in [4.69, 9.17) is 5.73 Å². The fraction of sp³-hybridized carbons (Fsp3) is 0.500. The Morgan fingerprint density at radius 2 is 2.25 bits per heavy atom. The molecule has 0 unspecified atom stereocenters. The van der Waals surface area contributed by atoms with Crippen molar-refractivity contribution in [3.05, 3.63) is 30.6 Å². The molecule has 1 atom stereocenters. The topological polar surface area (TPSA) is 93.2 Å². The molecule has 1 fully saturated rings. The molecule has 3 rings (SSSR count). The highest BCUT2D eigenvalue weighted by Crippen LogP contribution is 2.28. The number of aromatic nitrogens is 4. The van der Waals surface area contributed by atoms with E-state index in [1.807, 2.05) is 29.8 Å². The molecule has 2 N–H and O–H groups in total. The second-order valence-electron chi connectivity index (χ2n) is 6.29. The van der Waals surface area contributed by atoms with Gasteiger partial charge < -0.3 is 20.1 Å². The van der Waals surface area contributed by atoms with Crippen LogP contribution in [-0.2, 0) is 11.3 Å². The number of nitrogens with two attached hydrogens (primary N) is 1. The van der Waals surface area contributed by atoms with E-state index < -0.39 is 0 Å². The largest absolute Gasteiger partial charge is 0.368 e. The van der Waals surface area contributed by atoms with Gasteiger partial charge in [0.15, 0.2) is 0 Å². The monoisotopic (exact) mass is 329 g/mol. The van der Waals surface area contributed by atoms with Crippen LogP contribution in [0.3, 0.4) is 0 Å². The lowest BCUT2D eigenvalue weighted by Crippen LogP contribution is -2.36. The Labute approximate surface area is 141 Å². The van der Waals surface area contributed by atoms with E-state index in [0.717, 1.165) is 43.4 Å². The van der Waals surface area contributed by atoms with E-state index in [1.165, 1.54) is 0 Å². The van der Waals surface area contributed by atoms with Crippen LogP contribution in [0.1, 0.15) is 24.6 Å². The minimum atomic E-state index is -0.355. The number of nitrogens with zero attached hydrogens (tertiary/aromatic N) is 6. The summed E-state index contributed by atoms with van der Waals surface area (Å²) in [5, 5.41) is 0. The van der Waals surface area contributed by atoms with Crippen molar-refractivity contribution < 1.29 is 4.79 Å². The summed E-state index contributed by atoms with van der Waals surface area (Å²) in [7, 11) is 3.90. The van der Waals surface area contributed by atoms with Crippen LogP contribution in [0.5, 0.6) is 0 Å². The molecule has 1 aliphatic rings. The molecule has 0 aromatic carbocycles. The van der Waals surface area contributed by atoms with Crippen LogP contribution < -0.4 is 15.5 Å².